The van der Waals surface area contributed by atoms with E-state index in [4.69, 9.17) is 9.99 Å². The molecule has 4 aliphatic rings. The monoisotopic (exact) mass is 358 g/mol. The molecule has 0 radical (unpaired) electrons. The number of hydrogen-bond acceptors (Lipinski definition) is 5. The third kappa shape index (κ3) is 3.07. The SMILES string of the molecule is O=C(OCC12CC3CC(CC(C3)C1)C2)C(F)(SOO)C(F)(F)F. The molecule has 0 aromatic rings. The third-order valence-corrected chi connectivity index (χ3v) is 6.16. The van der Waals surface area contributed by atoms with Crippen LogP contribution in [0.2, 0.25) is 0 Å². The van der Waals surface area contributed by atoms with Gasteiger partial charge in [0.05, 0.1) is 18.6 Å². The Hall–Kier alpha value is -0.540. The summed E-state index contributed by atoms with van der Waals surface area (Å²) in [6, 6.07) is 0. The zero-order valence-electron chi connectivity index (χ0n) is 12.3. The first-order chi connectivity index (χ1) is 10.7. The van der Waals surface area contributed by atoms with Crippen molar-refractivity contribution in [2.24, 2.45) is 23.2 Å². The smallest absolute Gasteiger partial charge is 0.446 e. The molecule has 4 fully saturated rings. The van der Waals surface area contributed by atoms with Crippen LogP contribution in [0.1, 0.15) is 38.5 Å². The highest BCUT2D eigenvalue weighted by atomic mass is 32.2. The van der Waals surface area contributed by atoms with Gasteiger partial charge in [0, 0.05) is 5.41 Å². The van der Waals surface area contributed by atoms with Gasteiger partial charge in [0.15, 0.2) is 0 Å². The number of halogens is 4. The Kier molecular flexibility index (Phi) is 4.34. The molecule has 4 bridgehead atoms. The molecule has 4 nitrogen and oxygen atoms in total. The Morgan fingerprint density at radius 3 is 1.96 bits per heavy atom. The van der Waals surface area contributed by atoms with Crippen LogP contribution in [0.5, 0.6) is 0 Å². The summed E-state index contributed by atoms with van der Waals surface area (Å²) in [6.45, 7) is -0.205. The van der Waals surface area contributed by atoms with E-state index in [-0.39, 0.29) is 12.0 Å². The molecule has 9 heteroatoms. The standard InChI is InChI=1S/C14H18F4O4S/c15-13(23-22-20,14(16,17)18)11(19)21-7-12-4-8-1-9(5-12)3-10(2-8)6-12/h8-10,20H,1-7H2. The van der Waals surface area contributed by atoms with Gasteiger partial charge in [-0.25, -0.2) is 14.4 Å². The average Bonchev–Trinajstić information content (AvgIpc) is 2.42. The van der Waals surface area contributed by atoms with Crippen molar-refractivity contribution < 1.29 is 36.7 Å². The number of esters is 1. The lowest BCUT2D eigenvalue weighted by molar-refractivity contribution is -0.221. The van der Waals surface area contributed by atoms with Crippen LogP contribution in [-0.2, 0) is 13.9 Å². The van der Waals surface area contributed by atoms with E-state index in [2.05, 4.69) is 4.33 Å². The summed E-state index contributed by atoms with van der Waals surface area (Å²) in [7, 11) is 0. The second kappa shape index (κ2) is 5.77. The van der Waals surface area contributed by atoms with Crippen molar-refractivity contribution in [2.75, 3.05) is 6.61 Å². The van der Waals surface area contributed by atoms with Crippen molar-refractivity contribution in [1.29, 1.82) is 0 Å². The Bertz CT molecular complexity index is 449. The Balaban J connectivity index is 1.66. The number of ether oxygens (including phenoxy) is 1. The van der Waals surface area contributed by atoms with Crippen LogP contribution < -0.4 is 0 Å². The van der Waals surface area contributed by atoms with E-state index in [0.29, 0.717) is 17.8 Å². The topological polar surface area (TPSA) is 55.8 Å². The van der Waals surface area contributed by atoms with Gasteiger partial charge >= 0.3 is 17.1 Å². The molecule has 0 amide bonds. The molecule has 1 atom stereocenters. The highest BCUT2D eigenvalue weighted by molar-refractivity contribution is 7.96. The van der Waals surface area contributed by atoms with E-state index in [9.17, 15) is 22.4 Å². The van der Waals surface area contributed by atoms with E-state index in [1.54, 1.807) is 0 Å². The summed E-state index contributed by atoms with van der Waals surface area (Å²) < 4.78 is 60.0. The maximum absolute atomic E-state index is 13.9. The molecule has 132 valence electrons. The summed E-state index contributed by atoms with van der Waals surface area (Å²) in [6.07, 6.45) is 0.327. The predicted octanol–water partition coefficient (Wildman–Crippen LogP) is 4.11. The molecule has 1 N–H and O–H groups in total. The maximum Gasteiger partial charge on any atom is 0.446 e. The van der Waals surface area contributed by atoms with Gasteiger partial charge < -0.3 is 4.74 Å². The van der Waals surface area contributed by atoms with Gasteiger partial charge in [-0.05, 0) is 56.3 Å². The number of hydrogen-bond donors (Lipinski definition) is 1. The van der Waals surface area contributed by atoms with Crippen molar-refractivity contribution in [3.63, 3.8) is 0 Å². The molecule has 4 saturated carbocycles. The normalized spacial score (nSPS) is 38.4. The minimum Gasteiger partial charge on any atom is -0.462 e. The van der Waals surface area contributed by atoms with Crippen LogP contribution in [-0.4, -0.2) is 29.0 Å². The van der Waals surface area contributed by atoms with Gasteiger partial charge in [-0.1, -0.05) is 0 Å². The third-order valence-electron chi connectivity index (χ3n) is 5.45. The molecule has 0 heterocycles. The number of carbonyl (C=O) groups is 1. The van der Waals surface area contributed by atoms with Crippen LogP contribution >= 0.6 is 12.0 Å². The summed E-state index contributed by atoms with van der Waals surface area (Å²) in [5.74, 6) is -0.464. The van der Waals surface area contributed by atoms with Crippen molar-refractivity contribution >= 4 is 18.0 Å². The van der Waals surface area contributed by atoms with E-state index in [1.165, 1.54) is 0 Å². The lowest BCUT2D eigenvalue weighted by atomic mass is 9.50. The van der Waals surface area contributed by atoms with Crippen molar-refractivity contribution in [3.8, 4) is 0 Å². The molecule has 4 aliphatic carbocycles. The molecule has 1 unspecified atom stereocenters. The fourth-order valence-corrected chi connectivity index (χ4v) is 5.35. The molecule has 23 heavy (non-hydrogen) atoms. The van der Waals surface area contributed by atoms with Gasteiger partial charge in [0.2, 0.25) is 0 Å². The minimum atomic E-state index is -5.54. The predicted molar refractivity (Wildman–Crippen MR) is 72.8 cm³/mol. The second-order valence-corrected chi connectivity index (χ2v) is 8.12. The summed E-state index contributed by atoms with van der Waals surface area (Å²) >= 11 is -1.000. The fraction of sp³-hybridized carbons (Fsp3) is 0.929. The lowest BCUT2D eigenvalue weighted by Gasteiger charge is -2.56. The first kappa shape index (κ1) is 17.3. The van der Waals surface area contributed by atoms with Crippen molar-refractivity contribution in [1.82, 2.24) is 0 Å². The van der Waals surface area contributed by atoms with Crippen LogP contribution in [0, 0.1) is 23.2 Å². The Morgan fingerprint density at radius 2 is 1.57 bits per heavy atom. The molecule has 4 rings (SSSR count). The van der Waals surface area contributed by atoms with Gasteiger partial charge in [-0.2, -0.15) is 17.5 Å². The first-order valence-electron chi connectivity index (χ1n) is 7.59. The van der Waals surface area contributed by atoms with Gasteiger partial charge in [0.1, 0.15) is 0 Å². The summed E-state index contributed by atoms with van der Waals surface area (Å²) in [4.78, 5) is 11.7. The van der Waals surface area contributed by atoms with Crippen LogP contribution in [0.25, 0.3) is 0 Å². The van der Waals surface area contributed by atoms with E-state index in [1.807, 2.05) is 0 Å². The van der Waals surface area contributed by atoms with Gasteiger partial charge in [-0.15, -0.1) is 0 Å². The average molecular weight is 358 g/mol. The van der Waals surface area contributed by atoms with Crippen molar-refractivity contribution in [3.05, 3.63) is 0 Å². The van der Waals surface area contributed by atoms with Crippen molar-refractivity contribution in [2.45, 2.75) is 49.7 Å². The van der Waals surface area contributed by atoms with E-state index < -0.39 is 29.2 Å². The van der Waals surface area contributed by atoms with Crippen LogP contribution in [0.3, 0.4) is 0 Å². The number of rotatable bonds is 5. The molecule has 0 spiro atoms. The highest BCUT2D eigenvalue weighted by Gasteiger charge is 2.66. The first-order valence-corrected chi connectivity index (χ1v) is 8.34. The number of carbonyl (C=O) groups excluding carboxylic acids is 1. The second-order valence-electron chi connectivity index (χ2n) is 7.24. The molecule has 0 aromatic carbocycles. The summed E-state index contributed by atoms with van der Waals surface area (Å²) in [5, 5.41) is 3.70. The van der Waals surface area contributed by atoms with E-state index >= 15 is 0 Å². The lowest BCUT2D eigenvalue weighted by Crippen LogP contribution is -2.51. The minimum absolute atomic E-state index is 0.205. The molecular formula is C14H18F4O4S. The molecule has 0 saturated heterocycles. The largest absolute Gasteiger partial charge is 0.462 e. The Morgan fingerprint density at radius 1 is 1.09 bits per heavy atom. The zero-order valence-corrected chi connectivity index (χ0v) is 13.1. The highest BCUT2D eigenvalue weighted by Crippen LogP contribution is 2.60. The van der Waals surface area contributed by atoms with Gasteiger partial charge in [0.25, 0.3) is 0 Å². The maximum atomic E-state index is 13.9. The Labute approximate surface area is 135 Å². The molecule has 0 aromatic heterocycles. The zero-order chi connectivity index (χ0) is 16.9. The fourth-order valence-electron chi connectivity index (χ4n) is 5.03. The molecule has 0 aliphatic heterocycles. The molecular weight excluding hydrogens is 340 g/mol. The quantitative estimate of drug-likeness (QED) is 0.263. The van der Waals surface area contributed by atoms with Crippen LogP contribution in [0.4, 0.5) is 17.6 Å². The van der Waals surface area contributed by atoms with Gasteiger partial charge in [-0.3, -0.25) is 0 Å². The van der Waals surface area contributed by atoms with Crippen LogP contribution in [0.15, 0.2) is 0 Å². The summed E-state index contributed by atoms with van der Waals surface area (Å²) in [5.41, 5.74) is -0.318. The number of alkyl halides is 4. The van der Waals surface area contributed by atoms with E-state index in [0.717, 1.165) is 38.5 Å².